The highest BCUT2D eigenvalue weighted by molar-refractivity contribution is 5.95. The number of hydrogen-bond donors (Lipinski definition) is 0. The van der Waals surface area contributed by atoms with Crippen LogP contribution in [-0.2, 0) is 20.7 Å². The van der Waals surface area contributed by atoms with Gasteiger partial charge in [0.2, 0.25) is 6.10 Å². The number of esters is 2. The molecule has 1 atom stereocenters. The fourth-order valence-corrected chi connectivity index (χ4v) is 1.86. The first kappa shape index (κ1) is 11.6. The molecule has 1 aromatic rings. The van der Waals surface area contributed by atoms with E-state index in [-0.39, 0.29) is 6.61 Å². The van der Waals surface area contributed by atoms with Gasteiger partial charge in [-0.2, -0.15) is 0 Å². The lowest BCUT2D eigenvalue weighted by molar-refractivity contribution is -0.153. The van der Waals surface area contributed by atoms with Gasteiger partial charge in [0.15, 0.2) is 0 Å². The second-order valence-electron chi connectivity index (χ2n) is 4.01. The van der Waals surface area contributed by atoms with Gasteiger partial charge in [0, 0.05) is 6.42 Å². The number of ether oxygens (including phenoxy) is 2. The van der Waals surface area contributed by atoms with Crippen molar-refractivity contribution in [3.05, 3.63) is 34.9 Å². The van der Waals surface area contributed by atoms with Crippen molar-refractivity contribution >= 4 is 11.9 Å². The molecule has 1 unspecified atom stereocenters. The summed E-state index contributed by atoms with van der Waals surface area (Å²) in [5.41, 5.74) is 2.38. The summed E-state index contributed by atoms with van der Waals surface area (Å²) in [7, 11) is 0. The quantitative estimate of drug-likeness (QED) is 0.730. The Balaban J connectivity index is 2.25. The molecule has 4 heteroatoms. The highest BCUT2D eigenvalue weighted by Gasteiger charge is 2.32. The molecule has 1 heterocycles. The van der Waals surface area contributed by atoms with Crippen LogP contribution in [0.4, 0.5) is 0 Å². The maximum Gasteiger partial charge on any atom is 0.347 e. The largest absolute Gasteiger partial charge is 0.463 e. The first-order valence-electron chi connectivity index (χ1n) is 5.59. The molecule has 1 aromatic carbocycles. The molecule has 4 nitrogen and oxygen atoms in total. The second-order valence-corrected chi connectivity index (χ2v) is 4.01. The predicted octanol–water partition coefficient (Wildman–Crippen LogP) is 1.64. The van der Waals surface area contributed by atoms with E-state index in [1.807, 2.05) is 19.1 Å². The van der Waals surface area contributed by atoms with E-state index in [4.69, 9.17) is 9.47 Å². The number of carbonyl (C=O) groups excluding carboxylic acids is 2. The van der Waals surface area contributed by atoms with Crippen LogP contribution in [0.2, 0.25) is 0 Å². The van der Waals surface area contributed by atoms with Gasteiger partial charge >= 0.3 is 11.9 Å². The van der Waals surface area contributed by atoms with Gasteiger partial charge in [-0.1, -0.05) is 17.7 Å². The Hall–Kier alpha value is -1.84. The number of carbonyl (C=O) groups is 2. The van der Waals surface area contributed by atoms with Crippen LogP contribution >= 0.6 is 0 Å². The summed E-state index contributed by atoms with van der Waals surface area (Å²) in [4.78, 5) is 23.2. The molecule has 1 aliphatic rings. The molecule has 0 N–H and O–H groups in total. The predicted molar refractivity (Wildman–Crippen MR) is 60.7 cm³/mol. The van der Waals surface area contributed by atoms with Crippen molar-refractivity contribution in [1.29, 1.82) is 0 Å². The summed E-state index contributed by atoms with van der Waals surface area (Å²) >= 11 is 0. The minimum Gasteiger partial charge on any atom is -0.463 e. The zero-order valence-electron chi connectivity index (χ0n) is 9.86. The van der Waals surface area contributed by atoms with Crippen molar-refractivity contribution in [3.8, 4) is 0 Å². The van der Waals surface area contributed by atoms with Gasteiger partial charge in [-0.05, 0) is 25.5 Å². The average molecular weight is 234 g/mol. The lowest BCUT2D eigenvalue weighted by Crippen LogP contribution is -2.35. The van der Waals surface area contributed by atoms with Crippen molar-refractivity contribution < 1.29 is 19.1 Å². The molecule has 2 rings (SSSR count). The maximum atomic E-state index is 11.7. The molecular formula is C13H14O4. The highest BCUT2D eigenvalue weighted by atomic mass is 16.6. The van der Waals surface area contributed by atoms with Crippen LogP contribution < -0.4 is 0 Å². The molecule has 17 heavy (non-hydrogen) atoms. The van der Waals surface area contributed by atoms with Crippen molar-refractivity contribution in [3.63, 3.8) is 0 Å². The van der Waals surface area contributed by atoms with Crippen molar-refractivity contribution in [2.45, 2.75) is 26.4 Å². The van der Waals surface area contributed by atoms with Crippen LogP contribution in [0.15, 0.2) is 18.2 Å². The van der Waals surface area contributed by atoms with E-state index in [1.54, 1.807) is 13.0 Å². The Morgan fingerprint density at radius 2 is 2.29 bits per heavy atom. The van der Waals surface area contributed by atoms with E-state index in [9.17, 15) is 9.59 Å². The second kappa shape index (κ2) is 4.57. The molecule has 1 aliphatic heterocycles. The Labute approximate surface area is 99.5 Å². The minimum absolute atomic E-state index is 0.285. The fourth-order valence-electron chi connectivity index (χ4n) is 1.86. The lowest BCUT2D eigenvalue weighted by atomic mass is 9.97. The number of cyclic esters (lactones) is 1. The lowest BCUT2D eigenvalue weighted by Gasteiger charge is -2.23. The molecule has 0 saturated heterocycles. The van der Waals surface area contributed by atoms with Crippen LogP contribution in [0.1, 0.15) is 28.4 Å². The molecule has 0 bridgehead atoms. The monoisotopic (exact) mass is 234 g/mol. The summed E-state index contributed by atoms with van der Waals surface area (Å²) in [6.07, 6.45) is -0.419. The van der Waals surface area contributed by atoms with Gasteiger partial charge in [-0.3, -0.25) is 0 Å². The van der Waals surface area contributed by atoms with Crippen LogP contribution in [0.25, 0.3) is 0 Å². The molecular weight excluding hydrogens is 220 g/mol. The fraction of sp³-hybridized carbons (Fsp3) is 0.385. The third-order valence-corrected chi connectivity index (χ3v) is 2.69. The number of fused-ring (bicyclic) bond motifs is 1. The molecule has 0 radical (unpaired) electrons. The first-order chi connectivity index (χ1) is 8.11. The molecule has 90 valence electrons. The Kier molecular flexibility index (Phi) is 3.13. The molecule has 0 aliphatic carbocycles. The van der Waals surface area contributed by atoms with E-state index in [0.29, 0.717) is 12.0 Å². The van der Waals surface area contributed by atoms with E-state index in [0.717, 1.165) is 11.1 Å². The SMILES string of the molecule is CCOC(=O)C1Cc2ccc(C)cc2C(=O)O1. The molecule has 0 aromatic heterocycles. The van der Waals surface area contributed by atoms with Crippen LogP contribution in [0.3, 0.4) is 0 Å². The summed E-state index contributed by atoms with van der Waals surface area (Å²) < 4.78 is 9.92. The zero-order chi connectivity index (χ0) is 12.4. The van der Waals surface area contributed by atoms with E-state index in [2.05, 4.69) is 0 Å². The molecule has 0 saturated carbocycles. The number of rotatable bonds is 2. The average Bonchev–Trinajstić information content (AvgIpc) is 2.30. The van der Waals surface area contributed by atoms with Crippen molar-refractivity contribution in [1.82, 2.24) is 0 Å². The van der Waals surface area contributed by atoms with Gasteiger partial charge in [0.1, 0.15) is 0 Å². The smallest absolute Gasteiger partial charge is 0.347 e. The molecule has 0 amide bonds. The molecule has 0 fully saturated rings. The van der Waals surface area contributed by atoms with E-state index >= 15 is 0 Å². The van der Waals surface area contributed by atoms with Gasteiger partial charge < -0.3 is 9.47 Å². The van der Waals surface area contributed by atoms with Crippen molar-refractivity contribution in [2.75, 3.05) is 6.61 Å². The first-order valence-corrected chi connectivity index (χ1v) is 5.59. The zero-order valence-corrected chi connectivity index (χ0v) is 9.86. The van der Waals surface area contributed by atoms with Crippen LogP contribution in [0.5, 0.6) is 0 Å². The number of benzene rings is 1. The highest BCUT2D eigenvalue weighted by Crippen LogP contribution is 2.22. The van der Waals surface area contributed by atoms with Gasteiger partial charge in [0.05, 0.1) is 12.2 Å². The maximum absolute atomic E-state index is 11.7. The van der Waals surface area contributed by atoms with E-state index in [1.165, 1.54) is 0 Å². The molecule has 0 spiro atoms. The summed E-state index contributed by atoms with van der Waals surface area (Å²) in [6.45, 7) is 3.92. The normalized spacial score (nSPS) is 18.2. The Morgan fingerprint density at radius 1 is 1.53 bits per heavy atom. The standard InChI is InChI=1S/C13H14O4/c1-3-16-13(15)11-7-9-5-4-8(2)6-10(9)12(14)17-11/h4-6,11H,3,7H2,1-2H3. The number of aryl methyl sites for hydroxylation is 1. The van der Waals surface area contributed by atoms with Gasteiger partial charge in [0.25, 0.3) is 0 Å². The van der Waals surface area contributed by atoms with Gasteiger partial charge in [-0.15, -0.1) is 0 Å². The third kappa shape index (κ3) is 2.30. The summed E-state index contributed by atoms with van der Waals surface area (Å²) in [5.74, 6) is -0.930. The topological polar surface area (TPSA) is 52.6 Å². The third-order valence-electron chi connectivity index (χ3n) is 2.69. The Morgan fingerprint density at radius 3 is 3.00 bits per heavy atom. The van der Waals surface area contributed by atoms with Crippen molar-refractivity contribution in [2.24, 2.45) is 0 Å². The number of hydrogen-bond acceptors (Lipinski definition) is 4. The van der Waals surface area contributed by atoms with E-state index < -0.39 is 18.0 Å². The summed E-state index contributed by atoms with van der Waals surface area (Å²) in [5, 5.41) is 0. The summed E-state index contributed by atoms with van der Waals surface area (Å²) in [6, 6.07) is 5.55. The van der Waals surface area contributed by atoms with Gasteiger partial charge in [-0.25, -0.2) is 9.59 Å². The minimum atomic E-state index is -0.808. The Bertz CT molecular complexity index is 464. The van der Waals surface area contributed by atoms with Crippen LogP contribution in [-0.4, -0.2) is 24.6 Å². The van der Waals surface area contributed by atoms with Crippen LogP contribution in [0, 0.1) is 6.92 Å².